The Morgan fingerprint density at radius 2 is 1.00 bits per heavy atom. The highest BCUT2D eigenvalue weighted by molar-refractivity contribution is 7.75. The highest BCUT2D eigenvalue weighted by Crippen LogP contribution is 2.44. The zero-order chi connectivity index (χ0) is 22.5. The van der Waals surface area contributed by atoms with Gasteiger partial charge in [0, 0.05) is 10.6 Å². The predicted octanol–water partition coefficient (Wildman–Crippen LogP) is 7.13. The van der Waals surface area contributed by atoms with E-state index in [-0.39, 0.29) is 0 Å². The molecule has 0 atom stereocenters. The van der Waals surface area contributed by atoms with E-state index in [0.717, 1.165) is 5.69 Å². The fourth-order valence-electron chi connectivity index (χ4n) is 4.03. The van der Waals surface area contributed by atoms with E-state index in [1.54, 1.807) is 0 Å². The van der Waals surface area contributed by atoms with E-state index in [1.165, 1.54) is 38.6 Å². The van der Waals surface area contributed by atoms with Gasteiger partial charge in [0.1, 0.15) is 0 Å². The normalized spacial score (nSPS) is 11.3. The number of aryl methyl sites for hydroxylation is 4. The van der Waals surface area contributed by atoms with Crippen LogP contribution in [0.3, 0.4) is 0 Å². The van der Waals surface area contributed by atoms with Crippen molar-refractivity contribution in [1.82, 2.24) is 0 Å². The molecule has 2 nitrogen and oxygen atoms in total. The van der Waals surface area contributed by atoms with Gasteiger partial charge < -0.3 is 4.67 Å². The summed E-state index contributed by atoms with van der Waals surface area (Å²) >= 11 is 0. The predicted molar refractivity (Wildman–Crippen MR) is 142 cm³/mol. The van der Waals surface area contributed by atoms with E-state index in [1.807, 2.05) is 0 Å². The fraction of sp³-hybridized carbons (Fsp3) is 0.138. The zero-order valence-corrected chi connectivity index (χ0v) is 20.1. The molecule has 0 bridgehead atoms. The Hall–Kier alpha value is -3.22. The van der Waals surface area contributed by atoms with Crippen LogP contribution in [0, 0.1) is 27.7 Å². The van der Waals surface area contributed by atoms with Gasteiger partial charge in [-0.1, -0.05) is 97.1 Å². The third kappa shape index (κ3) is 4.66. The average Bonchev–Trinajstić information content (AvgIpc) is 2.80. The lowest BCUT2D eigenvalue weighted by atomic mass is 10.1. The van der Waals surface area contributed by atoms with Crippen molar-refractivity contribution in [3.8, 4) is 0 Å². The van der Waals surface area contributed by atoms with Crippen LogP contribution in [0.1, 0.15) is 22.3 Å². The number of anilines is 1. The number of nitrogens with zero attached hydrogens (tertiary/aromatic N) is 2. The molecule has 0 aromatic heterocycles. The van der Waals surface area contributed by atoms with Crippen molar-refractivity contribution in [2.24, 2.45) is 4.99 Å². The van der Waals surface area contributed by atoms with Gasteiger partial charge >= 0.3 is 0 Å². The summed E-state index contributed by atoms with van der Waals surface area (Å²) in [5.74, 6) is 0. The maximum absolute atomic E-state index is 5.05. The molecule has 0 aliphatic heterocycles. The van der Waals surface area contributed by atoms with Crippen LogP contribution in [0.25, 0.3) is 0 Å². The van der Waals surface area contributed by atoms with Gasteiger partial charge in [-0.15, -0.1) is 0 Å². The van der Waals surface area contributed by atoms with Gasteiger partial charge in [0.15, 0.2) is 0 Å². The van der Waals surface area contributed by atoms with Crippen molar-refractivity contribution < 1.29 is 0 Å². The minimum Gasteiger partial charge on any atom is -0.302 e. The molecule has 160 valence electrons. The van der Waals surface area contributed by atoms with Gasteiger partial charge in [0.2, 0.25) is 0 Å². The molecular weight excluding hydrogens is 407 g/mol. The van der Waals surface area contributed by atoms with Crippen LogP contribution in [0.15, 0.2) is 102 Å². The van der Waals surface area contributed by atoms with Gasteiger partial charge in [-0.05, 0) is 49.9 Å². The van der Waals surface area contributed by atoms with Crippen LogP contribution < -0.4 is 15.3 Å². The molecule has 3 heteroatoms. The topological polar surface area (TPSA) is 15.6 Å². The van der Waals surface area contributed by atoms with E-state index in [9.17, 15) is 0 Å². The molecule has 0 unspecified atom stereocenters. The van der Waals surface area contributed by atoms with E-state index >= 15 is 0 Å². The monoisotopic (exact) mass is 436 g/mol. The quantitative estimate of drug-likeness (QED) is 0.178. The number of hydrogen-bond donors (Lipinski definition) is 0. The summed E-state index contributed by atoms with van der Waals surface area (Å²) in [6.45, 7) is 8.62. The van der Waals surface area contributed by atoms with E-state index < -0.39 is 8.07 Å². The van der Waals surface area contributed by atoms with Crippen molar-refractivity contribution in [3.63, 3.8) is 0 Å². The van der Waals surface area contributed by atoms with Crippen LogP contribution >= 0.6 is 8.07 Å². The summed E-state index contributed by atoms with van der Waals surface area (Å²) in [6.07, 6.45) is 2.05. The number of aliphatic imine (C=N–C) groups is 1. The molecule has 0 heterocycles. The number of hydrogen-bond acceptors (Lipinski definition) is 1. The molecule has 0 amide bonds. The third-order valence-corrected chi connectivity index (χ3v) is 7.93. The molecule has 0 saturated heterocycles. The summed E-state index contributed by atoms with van der Waals surface area (Å²) in [5, 5.41) is 2.59. The first kappa shape index (κ1) is 22.0. The van der Waals surface area contributed by atoms with Crippen LogP contribution in [-0.4, -0.2) is 6.34 Å². The molecule has 0 aliphatic carbocycles. The van der Waals surface area contributed by atoms with Crippen LogP contribution in [0.4, 0.5) is 11.4 Å². The highest BCUT2D eigenvalue weighted by Gasteiger charge is 2.24. The Balaban J connectivity index is 1.94. The van der Waals surface area contributed by atoms with Crippen molar-refractivity contribution >= 4 is 36.4 Å². The SMILES string of the molecule is Cc1cccc(C)c1/N=C/N(c1c(C)cccc1C)P(c1ccccc1)c1ccccc1. The first-order chi connectivity index (χ1) is 15.6. The Kier molecular flexibility index (Phi) is 6.83. The lowest BCUT2D eigenvalue weighted by Gasteiger charge is -2.33. The smallest absolute Gasteiger partial charge is 0.0996 e. The average molecular weight is 437 g/mol. The van der Waals surface area contributed by atoms with Crippen molar-refractivity contribution in [3.05, 3.63) is 119 Å². The van der Waals surface area contributed by atoms with Gasteiger partial charge in [-0.2, -0.15) is 0 Å². The lowest BCUT2D eigenvalue weighted by Crippen LogP contribution is -2.28. The van der Waals surface area contributed by atoms with Crippen LogP contribution in [-0.2, 0) is 0 Å². The molecular formula is C29H29N2P. The van der Waals surface area contributed by atoms with Crippen LogP contribution in [0.5, 0.6) is 0 Å². The Labute approximate surface area is 193 Å². The molecule has 0 radical (unpaired) electrons. The van der Waals surface area contributed by atoms with Crippen molar-refractivity contribution in [2.75, 3.05) is 4.67 Å². The molecule has 32 heavy (non-hydrogen) atoms. The molecule has 4 aromatic carbocycles. The Morgan fingerprint density at radius 1 is 0.562 bits per heavy atom. The van der Waals surface area contributed by atoms with E-state index in [4.69, 9.17) is 4.99 Å². The summed E-state index contributed by atoms with van der Waals surface area (Å²) in [7, 11) is -0.854. The first-order valence-electron chi connectivity index (χ1n) is 10.9. The summed E-state index contributed by atoms with van der Waals surface area (Å²) in [4.78, 5) is 5.05. The second kappa shape index (κ2) is 9.94. The number of rotatable bonds is 6. The maximum Gasteiger partial charge on any atom is 0.0996 e. The first-order valence-corrected chi connectivity index (χ1v) is 12.2. The summed E-state index contributed by atoms with van der Waals surface area (Å²) in [6, 6.07) is 34.4. The van der Waals surface area contributed by atoms with Gasteiger partial charge in [0.25, 0.3) is 0 Å². The molecule has 0 fully saturated rings. The van der Waals surface area contributed by atoms with E-state index in [2.05, 4.69) is 136 Å². The van der Waals surface area contributed by atoms with Crippen molar-refractivity contribution in [2.45, 2.75) is 27.7 Å². The number of benzene rings is 4. The third-order valence-electron chi connectivity index (χ3n) is 5.62. The van der Waals surface area contributed by atoms with Crippen molar-refractivity contribution in [1.29, 1.82) is 0 Å². The van der Waals surface area contributed by atoms with E-state index in [0.29, 0.717) is 0 Å². The zero-order valence-electron chi connectivity index (χ0n) is 19.2. The van der Waals surface area contributed by atoms with Gasteiger partial charge in [-0.3, -0.25) is 0 Å². The number of para-hydroxylation sites is 2. The molecule has 4 aromatic rings. The molecule has 0 aliphatic rings. The van der Waals surface area contributed by atoms with Crippen LogP contribution in [0.2, 0.25) is 0 Å². The summed E-state index contributed by atoms with van der Waals surface area (Å²) in [5.41, 5.74) is 7.13. The lowest BCUT2D eigenvalue weighted by molar-refractivity contribution is 1.30. The molecule has 0 N–H and O–H groups in total. The minimum atomic E-state index is -0.854. The molecule has 0 saturated carbocycles. The van der Waals surface area contributed by atoms with Gasteiger partial charge in [-0.25, -0.2) is 4.99 Å². The second-order valence-electron chi connectivity index (χ2n) is 8.05. The molecule has 4 rings (SSSR count). The second-order valence-corrected chi connectivity index (χ2v) is 10.1. The fourth-order valence-corrected chi connectivity index (χ4v) is 6.41. The minimum absolute atomic E-state index is 0.854. The maximum atomic E-state index is 5.05. The summed E-state index contributed by atoms with van der Waals surface area (Å²) < 4.78 is 2.40. The van der Waals surface area contributed by atoms with Gasteiger partial charge in [0.05, 0.1) is 25.8 Å². The Morgan fingerprint density at radius 3 is 1.47 bits per heavy atom. The molecule has 0 spiro atoms. The standard InChI is InChI=1S/C29H29N2P/c1-22-13-11-14-23(2)28(22)30-21-31(29-24(3)15-12-16-25(29)4)32(26-17-7-5-8-18-26)27-19-9-6-10-20-27/h5-21H,1-4H3/b30-21+. The largest absolute Gasteiger partial charge is 0.302 e. The Bertz CT molecular complexity index is 1140. The highest BCUT2D eigenvalue weighted by atomic mass is 31.1.